The first-order valence-electron chi connectivity index (χ1n) is 5.19. The number of hydrogen-bond acceptors (Lipinski definition) is 0. The fourth-order valence-corrected chi connectivity index (χ4v) is 8.96. The van der Waals surface area contributed by atoms with Gasteiger partial charge in [0, 0.05) is 0 Å². The second kappa shape index (κ2) is 3.93. The Morgan fingerprint density at radius 2 is 1.25 bits per heavy atom. The van der Waals surface area contributed by atoms with Crippen LogP contribution in [0, 0.1) is 0 Å². The van der Waals surface area contributed by atoms with Crippen LogP contribution in [0.2, 0.25) is 0 Å². The molecule has 70 valence electrons. The summed E-state index contributed by atoms with van der Waals surface area (Å²) in [5.74, 6) is 0. The Morgan fingerprint density at radius 3 is 1.50 bits per heavy atom. The monoisotopic (exact) mass is 202 g/mol. The van der Waals surface area contributed by atoms with Crippen molar-refractivity contribution in [2.75, 3.05) is 25.7 Å². The molecule has 0 amide bonds. The molecule has 2 aliphatic heterocycles. The number of hydrogen-bond donors (Lipinski definition) is 0. The van der Waals surface area contributed by atoms with Gasteiger partial charge in [0.15, 0.2) is 0 Å². The van der Waals surface area contributed by atoms with E-state index >= 15 is 0 Å². The first kappa shape index (κ1) is 9.42. The second-order valence-corrected chi connectivity index (χ2v) is 9.63. The summed E-state index contributed by atoms with van der Waals surface area (Å²) in [5.41, 5.74) is 2.39. The largest absolute Gasteiger partial charge is 0.106 e. The van der Waals surface area contributed by atoms with Gasteiger partial charge in [-0.15, -0.1) is 15.8 Å². The highest BCUT2D eigenvalue weighted by Gasteiger charge is 2.35. The normalized spacial score (nSPS) is 48.5. The third-order valence-electron chi connectivity index (χ3n) is 3.60. The summed E-state index contributed by atoms with van der Waals surface area (Å²) < 4.78 is 0. The Labute approximate surface area is 79.0 Å². The molecule has 2 heteroatoms. The van der Waals surface area contributed by atoms with Gasteiger partial charge in [-0.1, -0.05) is 0 Å². The van der Waals surface area contributed by atoms with Crippen molar-refractivity contribution >= 4 is 15.8 Å². The number of rotatable bonds is 1. The van der Waals surface area contributed by atoms with E-state index in [2.05, 4.69) is 13.3 Å². The van der Waals surface area contributed by atoms with Crippen molar-refractivity contribution in [1.82, 2.24) is 0 Å². The van der Waals surface area contributed by atoms with E-state index in [0.717, 1.165) is 0 Å². The van der Waals surface area contributed by atoms with Gasteiger partial charge in [-0.2, -0.15) is 0 Å². The molecule has 2 rings (SSSR count). The molecule has 0 nitrogen and oxygen atoms in total. The molecule has 4 atom stereocenters. The van der Waals surface area contributed by atoms with Gasteiger partial charge in [-0.3, -0.25) is 0 Å². The van der Waals surface area contributed by atoms with Gasteiger partial charge in [0.05, 0.1) is 0 Å². The molecule has 0 spiro atoms. The fraction of sp³-hybridized carbons (Fsp3) is 1.00. The maximum atomic E-state index is 2.55. The zero-order valence-electron chi connectivity index (χ0n) is 8.29. The van der Waals surface area contributed by atoms with Crippen molar-refractivity contribution in [2.24, 2.45) is 0 Å². The van der Waals surface area contributed by atoms with Gasteiger partial charge in [0.2, 0.25) is 0 Å². The maximum Gasteiger partial charge on any atom is -0.0144 e. The van der Waals surface area contributed by atoms with E-state index in [9.17, 15) is 0 Å². The Hall–Kier alpha value is 0.860. The summed E-state index contributed by atoms with van der Waals surface area (Å²) in [6.45, 7) is 5.10. The molecule has 0 saturated carbocycles. The molecule has 0 aromatic rings. The van der Waals surface area contributed by atoms with E-state index in [1.807, 2.05) is 0 Å². The summed E-state index contributed by atoms with van der Waals surface area (Å²) in [6.07, 6.45) is 9.43. The van der Waals surface area contributed by atoms with E-state index in [1.165, 1.54) is 11.3 Å². The fourth-order valence-electron chi connectivity index (χ4n) is 2.84. The highest BCUT2D eigenvalue weighted by molar-refractivity contribution is 7.62. The van der Waals surface area contributed by atoms with Crippen molar-refractivity contribution in [3.8, 4) is 0 Å². The van der Waals surface area contributed by atoms with Crippen LogP contribution in [0.3, 0.4) is 0 Å². The molecule has 12 heavy (non-hydrogen) atoms. The van der Waals surface area contributed by atoms with Gasteiger partial charge in [0.25, 0.3) is 0 Å². The lowest BCUT2D eigenvalue weighted by atomic mass is 10.1. The van der Waals surface area contributed by atoms with Crippen molar-refractivity contribution in [3.05, 3.63) is 0 Å². The Bertz CT molecular complexity index is 140. The molecule has 0 N–H and O–H groups in total. The van der Waals surface area contributed by atoms with Crippen LogP contribution < -0.4 is 0 Å². The molecule has 0 aromatic carbocycles. The summed E-state index contributed by atoms with van der Waals surface area (Å²) in [4.78, 5) is 0. The molecule has 0 unspecified atom stereocenters. The summed E-state index contributed by atoms with van der Waals surface area (Å²) in [6, 6.07) is 0. The minimum absolute atomic E-state index is 0.450. The van der Waals surface area contributed by atoms with E-state index in [1.54, 1.807) is 38.0 Å². The first-order chi connectivity index (χ1) is 5.79. The lowest BCUT2D eigenvalue weighted by molar-refractivity contribution is 0.696. The molecule has 0 bridgehead atoms. The minimum Gasteiger partial charge on any atom is -0.106 e. The molecule has 2 saturated heterocycles. The highest BCUT2D eigenvalue weighted by Crippen LogP contribution is 2.59. The van der Waals surface area contributed by atoms with Gasteiger partial charge in [-0.25, -0.2) is 0 Å². The smallest absolute Gasteiger partial charge is 0.0144 e. The first-order valence-corrected chi connectivity index (χ1v) is 9.28. The minimum atomic E-state index is 0.450. The molecule has 0 aliphatic carbocycles. The third-order valence-corrected chi connectivity index (χ3v) is 9.38. The Kier molecular flexibility index (Phi) is 3.09. The highest BCUT2D eigenvalue weighted by atomic mass is 31.1. The lowest BCUT2D eigenvalue weighted by Crippen LogP contribution is -2.16. The molecule has 0 radical (unpaired) electrons. The van der Waals surface area contributed by atoms with Gasteiger partial charge in [0.1, 0.15) is 0 Å². The zero-order chi connectivity index (χ0) is 8.55. The van der Waals surface area contributed by atoms with Crippen molar-refractivity contribution < 1.29 is 0 Å². The quantitative estimate of drug-likeness (QED) is 0.570. The standard InChI is InChI=1S/C10H20P2/c1-11-7-3-5-9(11)10-6-4-8-12(10)2/h9-10H,3-8H2,1-2H3/t9-,10-,11-,12-/m1/s1. The molecule has 0 aromatic heterocycles. The summed E-state index contributed by atoms with van der Waals surface area (Å²) >= 11 is 0. The maximum absolute atomic E-state index is 2.55. The Balaban J connectivity index is 1.98. The second-order valence-electron chi connectivity index (χ2n) is 4.38. The zero-order valence-corrected chi connectivity index (χ0v) is 10.1. The summed E-state index contributed by atoms with van der Waals surface area (Å²) in [5, 5.41) is 0. The molecular weight excluding hydrogens is 182 g/mol. The van der Waals surface area contributed by atoms with Crippen molar-refractivity contribution in [2.45, 2.75) is 37.0 Å². The molecule has 2 aliphatic rings. The molecule has 2 heterocycles. The van der Waals surface area contributed by atoms with Crippen molar-refractivity contribution in [3.63, 3.8) is 0 Å². The average molecular weight is 202 g/mol. The van der Waals surface area contributed by atoms with Crippen LogP contribution in [0.5, 0.6) is 0 Å². The van der Waals surface area contributed by atoms with Gasteiger partial charge < -0.3 is 0 Å². The van der Waals surface area contributed by atoms with E-state index in [-0.39, 0.29) is 0 Å². The van der Waals surface area contributed by atoms with Crippen LogP contribution in [-0.4, -0.2) is 37.0 Å². The predicted octanol–water partition coefficient (Wildman–Crippen LogP) is 3.53. The molecular formula is C10H20P2. The van der Waals surface area contributed by atoms with Crippen LogP contribution in [0.25, 0.3) is 0 Å². The van der Waals surface area contributed by atoms with Gasteiger partial charge in [-0.05, 0) is 62.7 Å². The lowest BCUT2D eigenvalue weighted by Gasteiger charge is -2.26. The predicted molar refractivity (Wildman–Crippen MR) is 61.5 cm³/mol. The van der Waals surface area contributed by atoms with Crippen LogP contribution >= 0.6 is 15.8 Å². The van der Waals surface area contributed by atoms with E-state index < -0.39 is 0 Å². The van der Waals surface area contributed by atoms with Gasteiger partial charge >= 0.3 is 0 Å². The Morgan fingerprint density at radius 1 is 0.833 bits per heavy atom. The molecule has 2 fully saturated rings. The average Bonchev–Trinajstić information content (AvgIpc) is 2.59. The SMILES string of the molecule is C[P@]1CCC[C@@H]1[C@H]1CCC[P@@]1C. The van der Waals surface area contributed by atoms with E-state index in [0.29, 0.717) is 15.8 Å². The third kappa shape index (κ3) is 1.71. The topological polar surface area (TPSA) is 0 Å². The van der Waals surface area contributed by atoms with Crippen LogP contribution in [0.15, 0.2) is 0 Å². The van der Waals surface area contributed by atoms with E-state index in [4.69, 9.17) is 0 Å². The summed E-state index contributed by atoms with van der Waals surface area (Å²) in [7, 11) is 0.900. The van der Waals surface area contributed by atoms with Crippen molar-refractivity contribution in [1.29, 1.82) is 0 Å². The van der Waals surface area contributed by atoms with Crippen LogP contribution in [-0.2, 0) is 0 Å². The van der Waals surface area contributed by atoms with Crippen LogP contribution in [0.1, 0.15) is 25.7 Å². The van der Waals surface area contributed by atoms with Crippen LogP contribution in [0.4, 0.5) is 0 Å².